The molecule has 0 saturated carbocycles. The van der Waals surface area contributed by atoms with Crippen LogP contribution in [-0.4, -0.2) is 51.6 Å². The largest absolute Gasteiger partial charge is 0.507 e. The smallest absolute Gasteiger partial charge is 0.213 e. The predicted octanol–water partition coefficient (Wildman–Crippen LogP) is 4.42. The van der Waals surface area contributed by atoms with Gasteiger partial charge in [-0.15, -0.1) is 10.2 Å². The molecule has 0 spiro atoms. The lowest BCUT2D eigenvalue weighted by molar-refractivity contribution is 0.207. The molecule has 1 aromatic carbocycles. The van der Waals surface area contributed by atoms with Crippen molar-refractivity contribution in [1.29, 1.82) is 0 Å². The number of hydrogen-bond donors (Lipinski definition) is 2. The highest BCUT2D eigenvalue weighted by Gasteiger charge is 2.49. The lowest BCUT2D eigenvalue weighted by atomic mass is 9.84. The molecule has 4 heterocycles. The molecule has 2 saturated heterocycles. The van der Waals surface area contributed by atoms with E-state index in [2.05, 4.69) is 46.3 Å². The number of nitrogens with one attached hydrogen (secondary N) is 1. The predicted molar refractivity (Wildman–Crippen MR) is 130 cm³/mol. The first-order valence-corrected chi connectivity index (χ1v) is 11.5. The molecule has 2 aromatic heterocycles. The van der Waals surface area contributed by atoms with Crippen molar-refractivity contribution < 1.29 is 9.84 Å². The molecule has 2 N–H and O–H groups in total. The maximum atomic E-state index is 10.7. The van der Waals surface area contributed by atoms with Gasteiger partial charge in [-0.2, -0.15) is 0 Å². The number of phenolic OH excluding ortho intramolecular Hbond substituents is 1. The molecule has 2 aliphatic rings. The minimum Gasteiger partial charge on any atom is -0.507 e. The molecule has 172 valence electrons. The number of phenols is 1. The first kappa shape index (κ1) is 21.6. The SMILES string of the molecule is COc1cc(-c2ccc(-c3ccc(N(C)[C@@H]4C[C@]5(C)CC[C@](C)(C4)N5)nn3)c(O)c2)ccn1. The van der Waals surface area contributed by atoms with E-state index in [0.717, 1.165) is 29.8 Å². The van der Waals surface area contributed by atoms with Gasteiger partial charge in [0.1, 0.15) is 5.75 Å². The Labute approximate surface area is 194 Å². The molecule has 7 heteroatoms. The number of methoxy groups -OCH3 is 1. The summed E-state index contributed by atoms with van der Waals surface area (Å²) >= 11 is 0. The highest BCUT2D eigenvalue weighted by atomic mass is 16.5. The van der Waals surface area contributed by atoms with E-state index in [9.17, 15) is 5.11 Å². The number of fused-ring (bicyclic) bond motifs is 2. The van der Waals surface area contributed by atoms with Crippen molar-refractivity contribution in [3.63, 3.8) is 0 Å². The first-order chi connectivity index (χ1) is 15.8. The Morgan fingerprint density at radius 3 is 2.36 bits per heavy atom. The summed E-state index contributed by atoms with van der Waals surface area (Å²) in [4.78, 5) is 6.40. The van der Waals surface area contributed by atoms with Crippen LogP contribution in [0.3, 0.4) is 0 Å². The van der Waals surface area contributed by atoms with Gasteiger partial charge in [0.05, 0.1) is 12.8 Å². The third-order valence-corrected chi connectivity index (χ3v) is 7.31. The number of ether oxygens (including phenoxy) is 1. The second-order valence-corrected chi connectivity index (χ2v) is 10.0. The summed E-state index contributed by atoms with van der Waals surface area (Å²) < 4.78 is 5.20. The molecule has 2 bridgehead atoms. The van der Waals surface area contributed by atoms with Crippen LogP contribution in [0.2, 0.25) is 0 Å². The number of aromatic hydroxyl groups is 1. The fourth-order valence-electron chi connectivity index (χ4n) is 5.57. The first-order valence-electron chi connectivity index (χ1n) is 11.5. The lowest BCUT2D eigenvalue weighted by Crippen LogP contribution is -2.58. The van der Waals surface area contributed by atoms with Crippen molar-refractivity contribution in [1.82, 2.24) is 20.5 Å². The van der Waals surface area contributed by atoms with Gasteiger partial charge in [-0.25, -0.2) is 4.98 Å². The van der Waals surface area contributed by atoms with E-state index < -0.39 is 0 Å². The van der Waals surface area contributed by atoms with E-state index in [1.807, 2.05) is 36.4 Å². The van der Waals surface area contributed by atoms with Gasteiger partial charge < -0.3 is 20.1 Å². The number of hydrogen-bond acceptors (Lipinski definition) is 7. The molecule has 3 aromatic rings. The molecule has 33 heavy (non-hydrogen) atoms. The van der Waals surface area contributed by atoms with Gasteiger partial charge in [0.25, 0.3) is 0 Å². The van der Waals surface area contributed by atoms with Crippen LogP contribution in [0, 0.1) is 0 Å². The second-order valence-electron chi connectivity index (χ2n) is 10.0. The van der Waals surface area contributed by atoms with Crippen molar-refractivity contribution >= 4 is 5.82 Å². The number of rotatable bonds is 5. The molecule has 0 unspecified atom stereocenters. The van der Waals surface area contributed by atoms with E-state index >= 15 is 0 Å². The highest BCUT2D eigenvalue weighted by Crippen LogP contribution is 2.44. The van der Waals surface area contributed by atoms with Crippen molar-refractivity contribution in [3.8, 4) is 34.0 Å². The Morgan fingerprint density at radius 1 is 1.00 bits per heavy atom. The van der Waals surface area contributed by atoms with E-state index in [1.165, 1.54) is 12.8 Å². The zero-order chi connectivity index (χ0) is 23.2. The Hall–Kier alpha value is -3.19. The van der Waals surface area contributed by atoms with Crippen molar-refractivity contribution in [2.24, 2.45) is 0 Å². The summed E-state index contributed by atoms with van der Waals surface area (Å²) in [7, 11) is 3.70. The average molecular weight is 446 g/mol. The lowest BCUT2D eigenvalue weighted by Gasteiger charge is -2.45. The Balaban J connectivity index is 1.35. The van der Waals surface area contributed by atoms with Crippen LogP contribution >= 0.6 is 0 Å². The van der Waals surface area contributed by atoms with E-state index in [1.54, 1.807) is 19.4 Å². The number of nitrogens with zero attached hydrogens (tertiary/aromatic N) is 4. The molecule has 0 aliphatic carbocycles. The van der Waals surface area contributed by atoms with Gasteiger partial charge in [0.2, 0.25) is 5.88 Å². The maximum Gasteiger partial charge on any atom is 0.213 e. The molecular weight excluding hydrogens is 414 g/mol. The van der Waals surface area contributed by atoms with Crippen molar-refractivity contribution in [2.45, 2.75) is 56.7 Å². The fourth-order valence-corrected chi connectivity index (χ4v) is 5.57. The molecule has 2 aliphatic heterocycles. The number of anilines is 1. The number of benzene rings is 1. The molecule has 7 nitrogen and oxygen atoms in total. The zero-order valence-corrected chi connectivity index (χ0v) is 19.7. The Bertz CT molecular complexity index is 1150. The van der Waals surface area contributed by atoms with Crippen LogP contribution in [0.25, 0.3) is 22.4 Å². The molecular formula is C26H31N5O2. The van der Waals surface area contributed by atoms with E-state index in [0.29, 0.717) is 23.2 Å². The monoisotopic (exact) mass is 445 g/mol. The van der Waals surface area contributed by atoms with Crippen LogP contribution in [-0.2, 0) is 0 Å². The number of pyridine rings is 1. The van der Waals surface area contributed by atoms with Gasteiger partial charge in [-0.1, -0.05) is 6.07 Å². The van der Waals surface area contributed by atoms with Gasteiger partial charge >= 0.3 is 0 Å². The molecule has 0 amide bonds. The summed E-state index contributed by atoms with van der Waals surface area (Å²) in [5.74, 6) is 1.55. The van der Waals surface area contributed by atoms with Crippen LogP contribution in [0.15, 0.2) is 48.7 Å². The molecule has 2 fully saturated rings. The van der Waals surface area contributed by atoms with E-state index in [4.69, 9.17) is 4.74 Å². The van der Waals surface area contributed by atoms with Gasteiger partial charge in [-0.05, 0) is 81.0 Å². The minimum absolute atomic E-state index is 0.162. The van der Waals surface area contributed by atoms with Crippen LogP contribution in [0.4, 0.5) is 5.82 Å². The number of piperidine rings is 1. The van der Waals surface area contributed by atoms with Crippen LogP contribution in [0.1, 0.15) is 39.5 Å². The zero-order valence-electron chi connectivity index (χ0n) is 19.7. The highest BCUT2D eigenvalue weighted by molar-refractivity contribution is 5.74. The van der Waals surface area contributed by atoms with Crippen LogP contribution in [0.5, 0.6) is 11.6 Å². The quantitative estimate of drug-likeness (QED) is 0.601. The topological polar surface area (TPSA) is 83.4 Å². The Kier molecular flexibility index (Phi) is 5.24. The molecule has 5 rings (SSSR count). The minimum atomic E-state index is 0.162. The van der Waals surface area contributed by atoms with Crippen molar-refractivity contribution in [3.05, 3.63) is 48.7 Å². The maximum absolute atomic E-state index is 10.7. The normalized spacial score (nSPS) is 26.2. The second kappa shape index (κ2) is 7.99. The van der Waals surface area contributed by atoms with Gasteiger partial charge in [0.15, 0.2) is 5.82 Å². The fraction of sp³-hybridized carbons (Fsp3) is 0.423. The molecule has 0 radical (unpaired) electrons. The number of aromatic nitrogens is 3. The third-order valence-electron chi connectivity index (χ3n) is 7.31. The molecule has 3 atom stereocenters. The Morgan fingerprint density at radius 2 is 1.73 bits per heavy atom. The average Bonchev–Trinajstić information content (AvgIpc) is 3.05. The van der Waals surface area contributed by atoms with Crippen molar-refractivity contribution in [2.75, 3.05) is 19.1 Å². The standard InChI is InChI=1S/C26H31N5O2/c1-25-10-11-26(2,30-25)16-19(15-25)31(3)23-8-7-21(28-29-23)20-6-5-17(13-22(20)32)18-9-12-27-24(14-18)33-4/h5-9,12-14,19,30,32H,10-11,15-16H2,1-4H3/t19-,25+,26-. The van der Waals surface area contributed by atoms with E-state index in [-0.39, 0.29) is 16.8 Å². The summed E-state index contributed by atoms with van der Waals surface area (Å²) in [5.41, 5.74) is 3.50. The summed E-state index contributed by atoms with van der Waals surface area (Å²) in [6, 6.07) is 13.6. The summed E-state index contributed by atoms with van der Waals surface area (Å²) in [5, 5.41) is 23.5. The van der Waals surface area contributed by atoms with Gasteiger partial charge in [-0.3, -0.25) is 0 Å². The summed E-state index contributed by atoms with van der Waals surface area (Å²) in [6.07, 6.45) is 6.34. The third kappa shape index (κ3) is 4.13. The van der Waals surface area contributed by atoms with Gasteiger partial charge in [0, 0.05) is 42.0 Å². The van der Waals surface area contributed by atoms with Crippen LogP contribution < -0.4 is 15.0 Å². The summed E-state index contributed by atoms with van der Waals surface area (Å²) in [6.45, 7) is 4.67.